The molecule has 1 aromatic heterocycles. The SMILES string of the molecule is Cc1cccc(C)c1-n1nnnc1C(c1ccc2c(c1)OCO2)N1CCN(CC=Cc2ccccc2)CC1. The van der Waals surface area contributed by atoms with Gasteiger partial charge in [-0.15, -0.1) is 5.10 Å². The van der Waals surface area contributed by atoms with Crippen LogP contribution in [0.4, 0.5) is 0 Å². The van der Waals surface area contributed by atoms with E-state index in [1.54, 1.807) is 0 Å². The number of hydrogen-bond acceptors (Lipinski definition) is 7. The van der Waals surface area contributed by atoms with Gasteiger partial charge in [0.05, 0.1) is 11.7 Å². The van der Waals surface area contributed by atoms with E-state index < -0.39 is 0 Å². The first-order chi connectivity index (χ1) is 18.7. The lowest BCUT2D eigenvalue weighted by Crippen LogP contribution is -2.48. The molecule has 6 rings (SSSR count). The van der Waals surface area contributed by atoms with Gasteiger partial charge >= 0.3 is 0 Å². The third-order valence-corrected chi connectivity index (χ3v) is 7.35. The van der Waals surface area contributed by atoms with Gasteiger partial charge in [-0.05, 0) is 58.7 Å². The first kappa shape index (κ1) is 24.3. The molecular weight excluding hydrogens is 476 g/mol. The molecule has 8 nitrogen and oxygen atoms in total. The number of para-hydroxylation sites is 1. The molecule has 1 atom stereocenters. The molecule has 0 N–H and O–H groups in total. The normalized spacial score (nSPS) is 16.8. The van der Waals surface area contributed by atoms with Gasteiger partial charge in [0.1, 0.15) is 0 Å². The van der Waals surface area contributed by atoms with Crippen LogP contribution in [-0.4, -0.2) is 69.5 Å². The number of nitrogens with zero attached hydrogens (tertiary/aromatic N) is 6. The van der Waals surface area contributed by atoms with Gasteiger partial charge in [0.25, 0.3) is 0 Å². The van der Waals surface area contributed by atoms with Crippen molar-refractivity contribution in [1.29, 1.82) is 0 Å². The first-order valence-corrected chi connectivity index (χ1v) is 13.1. The van der Waals surface area contributed by atoms with Crippen LogP contribution in [-0.2, 0) is 0 Å². The highest BCUT2D eigenvalue weighted by molar-refractivity contribution is 5.50. The number of rotatable bonds is 7. The molecule has 1 saturated heterocycles. The predicted octanol–water partition coefficient (Wildman–Crippen LogP) is 4.43. The van der Waals surface area contributed by atoms with Crippen molar-refractivity contribution < 1.29 is 9.47 Å². The van der Waals surface area contributed by atoms with Crippen LogP contribution in [0.1, 0.15) is 34.1 Å². The average Bonchev–Trinajstić information content (AvgIpc) is 3.60. The number of piperazine rings is 1. The van der Waals surface area contributed by atoms with E-state index in [0.29, 0.717) is 0 Å². The average molecular weight is 509 g/mol. The van der Waals surface area contributed by atoms with Crippen LogP contribution in [0.25, 0.3) is 11.8 Å². The molecule has 4 aromatic rings. The van der Waals surface area contributed by atoms with Gasteiger partial charge in [-0.3, -0.25) is 9.80 Å². The molecule has 38 heavy (non-hydrogen) atoms. The fraction of sp³-hybridized carbons (Fsp3) is 0.300. The summed E-state index contributed by atoms with van der Waals surface area (Å²) in [7, 11) is 0. The van der Waals surface area contributed by atoms with Crippen molar-refractivity contribution in [3.8, 4) is 17.2 Å². The van der Waals surface area contributed by atoms with Crippen LogP contribution in [0.15, 0.2) is 72.8 Å². The summed E-state index contributed by atoms with van der Waals surface area (Å²) in [6, 6.07) is 22.8. The second kappa shape index (κ2) is 10.8. The molecule has 0 spiro atoms. The number of benzene rings is 3. The van der Waals surface area contributed by atoms with Crippen LogP contribution in [0.2, 0.25) is 0 Å². The minimum absolute atomic E-state index is 0.125. The smallest absolute Gasteiger partial charge is 0.231 e. The quantitative estimate of drug-likeness (QED) is 0.366. The number of aromatic nitrogens is 4. The standard InChI is InChI=1S/C30H32N6O2/c1-22-8-6-9-23(2)28(22)36-30(31-32-33-36)29(25-13-14-26-27(20-25)38-21-37-26)35-18-16-34(17-19-35)15-7-12-24-10-4-3-5-11-24/h3-14,20,29H,15-19,21H2,1-2H3. The highest BCUT2D eigenvalue weighted by Crippen LogP contribution is 2.38. The van der Waals surface area contributed by atoms with Gasteiger partial charge in [-0.2, -0.15) is 4.68 Å². The Morgan fingerprint density at radius 2 is 1.63 bits per heavy atom. The van der Waals surface area contributed by atoms with Gasteiger partial charge in [0.2, 0.25) is 6.79 Å². The maximum absolute atomic E-state index is 5.73. The molecule has 3 aromatic carbocycles. The summed E-state index contributed by atoms with van der Waals surface area (Å²) in [5.41, 5.74) is 5.63. The van der Waals surface area contributed by atoms with E-state index in [-0.39, 0.29) is 12.8 Å². The lowest BCUT2D eigenvalue weighted by atomic mass is 10.0. The van der Waals surface area contributed by atoms with Crippen molar-refractivity contribution in [3.05, 3.63) is 101 Å². The van der Waals surface area contributed by atoms with Crippen molar-refractivity contribution in [3.63, 3.8) is 0 Å². The van der Waals surface area contributed by atoms with Gasteiger partial charge in [0, 0.05) is 32.7 Å². The number of ether oxygens (including phenoxy) is 2. The van der Waals surface area contributed by atoms with Crippen molar-refractivity contribution >= 4 is 6.08 Å². The third kappa shape index (κ3) is 4.92. The lowest BCUT2D eigenvalue weighted by Gasteiger charge is -2.38. The van der Waals surface area contributed by atoms with Crippen LogP contribution in [0.5, 0.6) is 11.5 Å². The topological polar surface area (TPSA) is 68.5 Å². The van der Waals surface area contributed by atoms with Crippen LogP contribution in [0, 0.1) is 13.8 Å². The molecule has 3 heterocycles. The largest absolute Gasteiger partial charge is 0.454 e. The maximum Gasteiger partial charge on any atom is 0.231 e. The summed E-state index contributed by atoms with van der Waals surface area (Å²) < 4.78 is 13.2. The number of aryl methyl sites for hydroxylation is 2. The van der Waals surface area contributed by atoms with Gasteiger partial charge < -0.3 is 9.47 Å². The minimum Gasteiger partial charge on any atom is -0.454 e. The molecule has 0 amide bonds. The van der Waals surface area contributed by atoms with E-state index in [9.17, 15) is 0 Å². The Labute approximate surface area is 223 Å². The molecule has 0 radical (unpaired) electrons. The van der Waals surface area contributed by atoms with E-state index in [1.807, 2.05) is 16.8 Å². The third-order valence-electron chi connectivity index (χ3n) is 7.35. The summed E-state index contributed by atoms with van der Waals surface area (Å²) in [6.45, 7) is 9.11. The van der Waals surface area contributed by atoms with Gasteiger partial charge in [0.15, 0.2) is 17.3 Å². The van der Waals surface area contributed by atoms with Crippen molar-refractivity contribution in [2.45, 2.75) is 19.9 Å². The molecule has 0 aliphatic carbocycles. The minimum atomic E-state index is -0.125. The maximum atomic E-state index is 5.73. The highest BCUT2D eigenvalue weighted by atomic mass is 16.7. The molecular formula is C30H32N6O2. The first-order valence-electron chi connectivity index (χ1n) is 13.1. The highest BCUT2D eigenvalue weighted by Gasteiger charge is 2.32. The molecule has 0 saturated carbocycles. The second-order valence-corrected chi connectivity index (χ2v) is 9.85. The molecule has 194 valence electrons. The fourth-order valence-corrected chi connectivity index (χ4v) is 5.38. The summed E-state index contributed by atoms with van der Waals surface area (Å²) in [4.78, 5) is 4.96. The van der Waals surface area contributed by atoms with E-state index in [0.717, 1.165) is 72.4 Å². The predicted molar refractivity (Wildman–Crippen MR) is 147 cm³/mol. The molecule has 1 unspecified atom stereocenters. The Bertz CT molecular complexity index is 1410. The van der Waals surface area contributed by atoms with E-state index in [4.69, 9.17) is 9.47 Å². The zero-order chi connectivity index (χ0) is 25.9. The van der Waals surface area contributed by atoms with E-state index in [1.165, 1.54) is 5.56 Å². The number of tetrazole rings is 1. The van der Waals surface area contributed by atoms with Gasteiger partial charge in [-0.25, -0.2) is 0 Å². The fourth-order valence-electron chi connectivity index (χ4n) is 5.38. The zero-order valence-corrected chi connectivity index (χ0v) is 21.8. The summed E-state index contributed by atoms with van der Waals surface area (Å²) >= 11 is 0. The van der Waals surface area contributed by atoms with E-state index >= 15 is 0 Å². The van der Waals surface area contributed by atoms with Crippen LogP contribution >= 0.6 is 0 Å². The molecule has 0 bridgehead atoms. The Kier molecular flexibility index (Phi) is 6.90. The van der Waals surface area contributed by atoms with Crippen molar-refractivity contribution in [1.82, 2.24) is 30.0 Å². The molecule has 1 fully saturated rings. The van der Waals surface area contributed by atoms with Gasteiger partial charge in [-0.1, -0.05) is 66.7 Å². The van der Waals surface area contributed by atoms with E-state index in [2.05, 4.69) is 106 Å². The molecule has 8 heteroatoms. The lowest BCUT2D eigenvalue weighted by molar-refractivity contribution is 0.113. The Morgan fingerprint density at radius 3 is 2.42 bits per heavy atom. The second-order valence-electron chi connectivity index (χ2n) is 9.85. The monoisotopic (exact) mass is 508 g/mol. The Hall–Kier alpha value is -4.01. The Morgan fingerprint density at radius 1 is 0.868 bits per heavy atom. The van der Waals surface area contributed by atoms with Crippen molar-refractivity contribution in [2.24, 2.45) is 0 Å². The molecule has 2 aliphatic rings. The van der Waals surface area contributed by atoms with Crippen LogP contribution in [0.3, 0.4) is 0 Å². The summed E-state index contributed by atoms with van der Waals surface area (Å²) in [6.07, 6.45) is 4.45. The number of fused-ring (bicyclic) bond motifs is 1. The van der Waals surface area contributed by atoms with Crippen molar-refractivity contribution in [2.75, 3.05) is 39.5 Å². The summed E-state index contributed by atoms with van der Waals surface area (Å²) in [5, 5.41) is 13.2. The molecule has 2 aliphatic heterocycles. The zero-order valence-electron chi connectivity index (χ0n) is 21.8. The summed E-state index contributed by atoms with van der Waals surface area (Å²) in [5.74, 6) is 2.35. The number of hydrogen-bond donors (Lipinski definition) is 0. The van der Waals surface area contributed by atoms with Crippen LogP contribution < -0.4 is 9.47 Å². The Balaban J connectivity index is 1.28.